The zero-order valence-corrected chi connectivity index (χ0v) is 20.0. The Hall–Kier alpha value is -3.17. The van der Waals surface area contributed by atoms with Gasteiger partial charge in [-0.2, -0.15) is 0 Å². The van der Waals surface area contributed by atoms with E-state index < -0.39 is 25.8 Å². The first-order chi connectivity index (χ1) is 15.6. The number of hydrogen-bond donors (Lipinski definition) is 2. The van der Waals surface area contributed by atoms with E-state index in [1.165, 1.54) is 24.3 Å². The van der Waals surface area contributed by atoms with E-state index in [0.29, 0.717) is 11.3 Å². The highest BCUT2D eigenvalue weighted by Gasteiger charge is 2.19. The quantitative estimate of drug-likeness (QED) is 0.448. The highest BCUT2D eigenvalue weighted by atomic mass is 32.2. The molecular weight excluding hydrogens is 460 g/mol. The Kier molecular flexibility index (Phi) is 7.55. The largest absolute Gasteiger partial charge is 0.352 e. The van der Waals surface area contributed by atoms with Crippen LogP contribution in [-0.4, -0.2) is 35.0 Å². The van der Waals surface area contributed by atoms with Gasteiger partial charge in [-0.25, -0.2) is 16.8 Å². The smallest absolute Gasteiger partial charge is 0.261 e. The SMILES string of the molecule is Cc1ccc(NS(=O)(=O)c2ccc(C)c(C(=O)NCCCS(=O)(=O)c3ccccc3)c2)cc1. The minimum Gasteiger partial charge on any atom is -0.352 e. The maximum absolute atomic E-state index is 12.8. The third-order valence-corrected chi connectivity index (χ3v) is 8.24. The summed E-state index contributed by atoms with van der Waals surface area (Å²) in [5.41, 5.74) is 2.25. The van der Waals surface area contributed by atoms with Crippen LogP contribution in [0.1, 0.15) is 27.9 Å². The molecule has 0 heterocycles. The fourth-order valence-electron chi connectivity index (χ4n) is 3.15. The molecule has 3 aromatic rings. The number of aryl methyl sites for hydroxylation is 2. The molecule has 9 heteroatoms. The van der Waals surface area contributed by atoms with E-state index in [1.54, 1.807) is 55.5 Å². The van der Waals surface area contributed by atoms with Crippen molar-refractivity contribution in [1.29, 1.82) is 0 Å². The molecule has 1 amide bonds. The minimum absolute atomic E-state index is 0.0366. The molecule has 3 rings (SSSR count). The predicted molar refractivity (Wildman–Crippen MR) is 129 cm³/mol. The molecule has 0 bridgehead atoms. The lowest BCUT2D eigenvalue weighted by molar-refractivity contribution is 0.0953. The summed E-state index contributed by atoms with van der Waals surface area (Å²) in [5.74, 6) is -0.567. The number of benzene rings is 3. The number of sulfone groups is 1. The van der Waals surface area contributed by atoms with Crippen molar-refractivity contribution in [2.45, 2.75) is 30.1 Å². The minimum atomic E-state index is -3.88. The van der Waals surface area contributed by atoms with Crippen LogP contribution in [0, 0.1) is 13.8 Å². The molecule has 0 atom stereocenters. The first kappa shape index (κ1) is 24.5. The Labute approximate surface area is 194 Å². The number of anilines is 1. The number of carbonyl (C=O) groups excluding carboxylic acids is 1. The van der Waals surface area contributed by atoms with Crippen LogP contribution in [0.3, 0.4) is 0 Å². The van der Waals surface area contributed by atoms with Crippen molar-refractivity contribution < 1.29 is 21.6 Å². The van der Waals surface area contributed by atoms with E-state index in [-0.39, 0.29) is 34.1 Å². The summed E-state index contributed by atoms with van der Waals surface area (Å²) in [5, 5.41) is 2.68. The lowest BCUT2D eigenvalue weighted by Crippen LogP contribution is -2.27. The maximum atomic E-state index is 12.8. The molecule has 0 aliphatic carbocycles. The molecule has 0 saturated heterocycles. The van der Waals surface area contributed by atoms with Crippen molar-refractivity contribution in [3.63, 3.8) is 0 Å². The predicted octanol–water partition coefficient (Wildman–Crippen LogP) is 3.70. The van der Waals surface area contributed by atoms with Crippen LogP contribution in [0.4, 0.5) is 5.69 Å². The Morgan fingerprint density at radius 1 is 0.818 bits per heavy atom. The van der Waals surface area contributed by atoms with Crippen molar-refractivity contribution in [2.24, 2.45) is 0 Å². The first-order valence-electron chi connectivity index (χ1n) is 10.3. The van der Waals surface area contributed by atoms with Crippen LogP contribution >= 0.6 is 0 Å². The van der Waals surface area contributed by atoms with Crippen molar-refractivity contribution in [2.75, 3.05) is 17.0 Å². The molecule has 2 N–H and O–H groups in total. The Morgan fingerprint density at radius 2 is 1.48 bits per heavy atom. The van der Waals surface area contributed by atoms with Gasteiger partial charge in [0.15, 0.2) is 9.84 Å². The summed E-state index contributed by atoms with van der Waals surface area (Å²) in [6.45, 7) is 3.75. The lowest BCUT2D eigenvalue weighted by atomic mass is 10.1. The highest BCUT2D eigenvalue weighted by Crippen LogP contribution is 2.20. The van der Waals surface area contributed by atoms with Crippen LogP contribution in [-0.2, 0) is 19.9 Å². The summed E-state index contributed by atoms with van der Waals surface area (Å²) in [6, 6.07) is 19.4. The van der Waals surface area contributed by atoms with E-state index in [1.807, 2.05) is 6.92 Å². The lowest BCUT2D eigenvalue weighted by Gasteiger charge is -2.12. The van der Waals surface area contributed by atoms with Crippen molar-refractivity contribution >= 4 is 31.5 Å². The summed E-state index contributed by atoms with van der Waals surface area (Å²) < 4.78 is 52.7. The molecule has 0 aromatic heterocycles. The first-order valence-corrected chi connectivity index (χ1v) is 13.5. The number of rotatable bonds is 9. The van der Waals surface area contributed by atoms with E-state index in [4.69, 9.17) is 0 Å². The maximum Gasteiger partial charge on any atom is 0.261 e. The molecular formula is C24H26N2O5S2. The molecule has 0 fully saturated rings. The highest BCUT2D eigenvalue weighted by molar-refractivity contribution is 7.92. The fraction of sp³-hybridized carbons (Fsp3) is 0.208. The summed E-state index contributed by atoms with van der Waals surface area (Å²) in [7, 11) is -7.31. The Bertz CT molecular complexity index is 1340. The number of amides is 1. The van der Waals surface area contributed by atoms with Gasteiger partial charge in [0.05, 0.1) is 15.5 Å². The van der Waals surface area contributed by atoms with Gasteiger partial charge in [-0.05, 0) is 62.2 Å². The average Bonchev–Trinajstić information content (AvgIpc) is 2.79. The number of hydrogen-bond acceptors (Lipinski definition) is 5. The van der Waals surface area contributed by atoms with Crippen LogP contribution in [0.2, 0.25) is 0 Å². The second kappa shape index (κ2) is 10.2. The molecule has 7 nitrogen and oxygen atoms in total. The molecule has 0 aliphatic rings. The van der Waals surface area contributed by atoms with Gasteiger partial charge in [-0.15, -0.1) is 0 Å². The summed E-state index contributed by atoms with van der Waals surface area (Å²) in [6.07, 6.45) is 0.231. The fourth-order valence-corrected chi connectivity index (χ4v) is 5.57. The van der Waals surface area contributed by atoms with Crippen LogP contribution in [0.15, 0.2) is 82.6 Å². The van der Waals surface area contributed by atoms with Crippen molar-refractivity contribution in [3.05, 3.63) is 89.5 Å². The van der Waals surface area contributed by atoms with Gasteiger partial charge in [0, 0.05) is 17.8 Å². The third kappa shape index (κ3) is 6.43. The number of sulfonamides is 1. The summed E-state index contributed by atoms with van der Waals surface area (Å²) >= 11 is 0. The van der Waals surface area contributed by atoms with E-state index in [2.05, 4.69) is 10.0 Å². The normalized spacial score (nSPS) is 11.7. The van der Waals surface area contributed by atoms with Gasteiger partial charge in [0.1, 0.15) is 0 Å². The van der Waals surface area contributed by atoms with Crippen molar-refractivity contribution in [1.82, 2.24) is 5.32 Å². The molecule has 0 spiro atoms. The van der Waals surface area contributed by atoms with Crippen LogP contribution in [0.5, 0.6) is 0 Å². The summed E-state index contributed by atoms with van der Waals surface area (Å²) in [4.78, 5) is 12.9. The second-order valence-electron chi connectivity index (χ2n) is 7.69. The van der Waals surface area contributed by atoms with E-state index in [9.17, 15) is 21.6 Å². The van der Waals surface area contributed by atoms with Crippen LogP contribution < -0.4 is 10.0 Å². The molecule has 0 unspecified atom stereocenters. The number of nitrogens with one attached hydrogen (secondary N) is 2. The topological polar surface area (TPSA) is 109 Å². The monoisotopic (exact) mass is 486 g/mol. The Balaban J connectivity index is 1.65. The molecule has 0 saturated carbocycles. The average molecular weight is 487 g/mol. The van der Waals surface area contributed by atoms with Gasteiger partial charge >= 0.3 is 0 Å². The molecule has 3 aromatic carbocycles. The van der Waals surface area contributed by atoms with Gasteiger partial charge < -0.3 is 5.32 Å². The Morgan fingerprint density at radius 3 is 2.15 bits per heavy atom. The molecule has 33 heavy (non-hydrogen) atoms. The third-order valence-electron chi connectivity index (χ3n) is 5.05. The zero-order valence-electron chi connectivity index (χ0n) is 18.4. The molecule has 0 aliphatic heterocycles. The molecule has 0 radical (unpaired) electrons. The van der Waals surface area contributed by atoms with Gasteiger partial charge in [0.2, 0.25) is 0 Å². The van der Waals surface area contributed by atoms with Crippen molar-refractivity contribution in [3.8, 4) is 0 Å². The van der Waals surface area contributed by atoms with Crippen LogP contribution in [0.25, 0.3) is 0 Å². The van der Waals surface area contributed by atoms with Gasteiger partial charge in [0.25, 0.3) is 15.9 Å². The van der Waals surface area contributed by atoms with E-state index in [0.717, 1.165) is 5.56 Å². The standard InChI is InChI=1S/C24H26N2O5S2/c1-18-9-12-20(13-10-18)26-33(30,31)22-14-11-19(2)23(17-22)24(27)25-15-6-16-32(28,29)21-7-4-3-5-8-21/h3-5,7-14,17,26H,6,15-16H2,1-2H3,(H,25,27). The van der Waals surface area contributed by atoms with Gasteiger partial charge in [-0.3, -0.25) is 9.52 Å². The number of carbonyl (C=O) groups is 1. The van der Waals surface area contributed by atoms with Gasteiger partial charge in [-0.1, -0.05) is 42.0 Å². The van der Waals surface area contributed by atoms with E-state index >= 15 is 0 Å². The second-order valence-corrected chi connectivity index (χ2v) is 11.5. The zero-order chi connectivity index (χ0) is 24.1. The molecule has 174 valence electrons.